The largest absolute Gasteiger partial charge is 0.465 e. The van der Waals surface area contributed by atoms with Crippen LogP contribution in [-0.2, 0) is 24.4 Å². The van der Waals surface area contributed by atoms with E-state index in [9.17, 15) is 35.6 Å². The van der Waals surface area contributed by atoms with Gasteiger partial charge in [0.1, 0.15) is 5.56 Å². The average molecular weight is 608 g/mol. The SMILES string of the molecule is O=C1OC2(CC3CC2CC3C(=O)OCCC(F)(F)C(F)(F)S(=O)(=O)O)Oc2c(I)cccc21. The van der Waals surface area contributed by atoms with Crippen LogP contribution < -0.4 is 4.74 Å². The number of carbonyl (C=O) groups is 2. The maximum atomic E-state index is 13.6. The molecular formula is C19H17F4IO8S. The Morgan fingerprint density at radius 2 is 1.94 bits per heavy atom. The topological polar surface area (TPSA) is 116 Å². The second-order valence-corrected chi connectivity index (χ2v) is 10.9. The minimum Gasteiger partial charge on any atom is -0.465 e. The lowest BCUT2D eigenvalue weighted by atomic mass is 9.84. The second kappa shape index (κ2) is 7.93. The number of hydrogen-bond donors (Lipinski definition) is 1. The van der Waals surface area contributed by atoms with Crippen molar-refractivity contribution < 1.29 is 54.3 Å². The van der Waals surface area contributed by atoms with E-state index in [4.69, 9.17) is 18.8 Å². The Hall–Kier alpha value is -1.68. The number of para-hydroxylation sites is 1. The number of halogens is 5. The Bertz CT molecular complexity index is 1110. The maximum absolute atomic E-state index is 13.6. The van der Waals surface area contributed by atoms with Crippen molar-refractivity contribution in [2.75, 3.05) is 6.61 Å². The quantitative estimate of drug-likeness (QED) is 0.226. The summed E-state index contributed by atoms with van der Waals surface area (Å²) in [5, 5.41) is -5.72. The fourth-order valence-corrected chi connectivity index (χ4v) is 5.77. The van der Waals surface area contributed by atoms with Crippen molar-refractivity contribution in [3.05, 3.63) is 27.3 Å². The van der Waals surface area contributed by atoms with Crippen molar-refractivity contribution >= 4 is 44.6 Å². The van der Waals surface area contributed by atoms with Crippen molar-refractivity contribution in [3.8, 4) is 5.75 Å². The Morgan fingerprint density at radius 3 is 2.55 bits per heavy atom. The highest BCUT2D eigenvalue weighted by molar-refractivity contribution is 14.1. The first kappa shape index (κ1) is 24.4. The van der Waals surface area contributed by atoms with Crippen LogP contribution in [0.4, 0.5) is 17.6 Å². The van der Waals surface area contributed by atoms with Gasteiger partial charge in [0.15, 0.2) is 5.75 Å². The number of hydrogen-bond acceptors (Lipinski definition) is 7. The van der Waals surface area contributed by atoms with E-state index in [1.165, 1.54) is 0 Å². The normalized spacial score (nSPS) is 28.9. The highest BCUT2D eigenvalue weighted by Gasteiger charge is 2.66. The number of esters is 2. The summed E-state index contributed by atoms with van der Waals surface area (Å²) < 4.78 is 100. The minimum absolute atomic E-state index is 0.171. The molecule has 2 aliphatic carbocycles. The molecule has 2 saturated carbocycles. The zero-order chi connectivity index (χ0) is 24.4. The molecule has 33 heavy (non-hydrogen) atoms. The number of alkyl halides is 4. The van der Waals surface area contributed by atoms with Crippen LogP contribution >= 0.6 is 22.6 Å². The second-order valence-electron chi connectivity index (χ2n) is 8.27. The van der Waals surface area contributed by atoms with Crippen molar-refractivity contribution in [3.63, 3.8) is 0 Å². The van der Waals surface area contributed by atoms with Crippen LogP contribution in [0.15, 0.2) is 18.2 Å². The summed E-state index contributed by atoms with van der Waals surface area (Å²) >= 11 is 2.03. The number of ether oxygens (including phenoxy) is 3. The molecule has 14 heteroatoms. The van der Waals surface area contributed by atoms with Crippen LogP contribution in [0.5, 0.6) is 5.75 Å². The average Bonchev–Trinajstić information content (AvgIpc) is 3.26. The van der Waals surface area contributed by atoms with Gasteiger partial charge in [-0.2, -0.15) is 26.0 Å². The molecule has 1 heterocycles. The van der Waals surface area contributed by atoms with E-state index in [1.54, 1.807) is 18.2 Å². The third kappa shape index (κ3) is 3.96. The summed E-state index contributed by atoms with van der Waals surface area (Å²) in [4.78, 5) is 24.9. The van der Waals surface area contributed by atoms with Crippen LogP contribution in [0, 0.1) is 21.3 Å². The lowest BCUT2D eigenvalue weighted by Crippen LogP contribution is -2.50. The first-order chi connectivity index (χ1) is 15.2. The summed E-state index contributed by atoms with van der Waals surface area (Å²) in [5.41, 5.74) is 0.286. The molecule has 1 N–H and O–H groups in total. The molecule has 3 aliphatic rings. The summed E-state index contributed by atoms with van der Waals surface area (Å²) in [5.74, 6) is -8.91. The molecule has 1 aromatic carbocycles. The zero-order valence-electron chi connectivity index (χ0n) is 16.6. The van der Waals surface area contributed by atoms with Gasteiger partial charge in [-0.25, -0.2) is 4.79 Å². The predicted octanol–water partition coefficient (Wildman–Crippen LogP) is 3.63. The third-order valence-electron chi connectivity index (χ3n) is 6.30. The fraction of sp³-hybridized carbons (Fsp3) is 0.579. The monoisotopic (exact) mass is 608 g/mol. The Kier molecular flexibility index (Phi) is 5.88. The zero-order valence-corrected chi connectivity index (χ0v) is 19.6. The van der Waals surface area contributed by atoms with Crippen LogP contribution in [0.2, 0.25) is 0 Å². The smallest absolute Gasteiger partial charge is 0.431 e. The van der Waals surface area contributed by atoms with Crippen molar-refractivity contribution in [2.24, 2.45) is 17.8 Å². The van der Waals surface area contributed by atoms with Crippen LogP contribution in [0.1, 0.15) is 36.0 Å². The van der Waals surface area contributed by atoms with E-state index in [2.05, 4.69) is 0 Å². The minimum atomic E-state index is -6.36. The molecule has 0 aromatic heterocycles. The molecule has 2 bridgehead atoms. The fourth-order valence-electron chi connectivity index (χ4n) is 4.68. The van der Waals surface area contributed by atoms with Crippen LogP contribution in [0.3, 0.4) is 0 Å². The molecule has 0 radical (unpaired) electrons. The van der Waals surface area contributed by atoms with Gasteiger partial charge in [0.2, 0.25) is 0 Å². The maximum Gasteiger partial charge on any atom is 0.431 e. The molecule has 1 aliphatic heterocycles. The number of rotatable bonds is 6. The Labute approximate surface area is 198 Å². The van der Waals surface area contributed by atoms with Crippen molar-refractivity contribution in [1.29, 1.82) is 0 Å². The summed E-state index contributed by atoms with van der Waals surface area (Å²) in [7, 11) is -6.36. The standard InChI is InChI=1S/C19H17F4IO8S/c20-18(21,19(22,23)33(27,28)29)4-5-30-15(25)12-7-10-6-9(12)8-17(10)31-14-11(16(26)32-17)2-1-3-13(14)24/h1-3,9-10,12H,4-8H2,(H,27,28,29). The lowest BCUT2D eigenvalue weighted by Gasteiger charge is -2.41. The van der Waals surface area contributed by atoms with Gasteiger partial charge >= 0.3 is 33.2 Å². The summed E-state index contributed by atoms with van der Waals surface area (Å²) in [6, 6.07) is 5.02. The highest BCUT2D eigenvalue weighted by atomic mass is 127. The van der Waals surface area contributed by atoms with Crippen molar-refractivity contribution in [2.45, 2.75) is 42.6 Å². The molecule has 2 fully saturated rings. The molecule has 1 spiro atoms. The van der Waals surface area contributed by atoms with Gasteiger partial charge < -0.3 is 14.2 Å². The van der Waals surface area contributed by atoms with E-state index in [-0.39, 0.29) is 30.2 Å². The van der Waals surface area contributed by atoms with E-state index >= 15 is 0 Å². The molecule has 4 unspecified atom stereocenters. The summed E-state index contributed by atoms with van der Waals surface area (Å²) in [6.07, 6.45) is -1.01. The van der Waals surface area contributed by atoms with Crippen LogP contribution in [0.25, 0.3) is 0 Å². The molecule has 4 atom stereocenters. The predicted molar refractivity (Wildman–Crippen MR) is 109 cm³/mol. The Morgan fingerprint density at radius 1 is 1.24 bits per heavy atom. The van der Waals surface area contributed by atoms with E-state index in [0.717, 1.165) is 0 Å². The molecule has 1 aromatic rings. The van der Waals surface area contributed by atoms with Gasteiger partial charge in [-0.3, -0.25) is 9.35 Å². The first-order valence-electron chi connectivity index (χ1n) is 9.79. The van der Waals surface area contributed by atoms with Gasteiger partial charge in [0.25, 0.3) is 5.79 Å². The van der Waals surface area contributed by atoms with Gasteiger partial charge in [-0.15, -0.1) is 0 Å². The van der Waals surface area contributed by atoms with Crippen LogP contribution in [-0.4, -0.2) is 48.5 Å². The van der Waals surface area contributed by atoms with Gasteiger partial charge in [-0.1, -0.05) is 6.07 Å². The van der Waals surface area contributed by atoms with Crippen molar-refractivity contribution in [1.82, 2.24) is 0 Å². The molecular weight excluding hydrogens is 591 g/mol. The van der Waals surface area contributed by atoms with E-state index < -0.39 is 58.0 Å². The van der Waals surface area contributed by atoms with Gasteiger partial charge in [0, 0.05) is 12.3 Å². The van der Waals surface area contributed by atoms with Gasteiger partial charge in [0.05, 0.1) is 22.5 Å². The van der Waals surface area contributed by atoms with E-state index in [1.807, 2.05) is 22.6 Å². The number of fused-ring (bicyclic) bond motifs is 4. The number of benzene rings is 1. The summed E-state index contributed by atoms with van der Waals surface area (Å²) in [6.45, 7) is -1.17. The highest BCUT2D eigenvalue weighted by Crippen LogP contribution is 2.58. The van der Waals surface area contributed by atoms with E-state index in [0.29, 0.717) is 15.7 Å². The molecule has 8 nitrogen and oxygen atoms in total. The van der Waals surface area contributed by atoms with Gasteiger partial charge in [-0.05, 0) is 53.5 Å². The molecule has 0 saturated heterocycles. The molecule has 0 amide bonds. The third-order valence-corrected chi connectivity index (χ3v) is 8.10. The number of carbonyl (C=O) groups excluding carboxylic acids is 2. The first-order valence-corrected chi connectivity index (χ1v) is 12.3. The Balaban J connectivity index is 1.38. The molecule has 182 valence electrons. The molecule has 4 rings (SSSR count). The lowest BCUT2D eigenvalue weighted by molar-refractivity contribution is -0.194.